The second kappa shape index (κ2) is 9.71. The molecule has 0 aromatic heterocycles. The predicted octanol–water partition coefficient (Wildman–Crippen LogP) is 3.72. The van der Waals surface area contributed by atoms with Crippen LogP contribution in [-0.2, 0) is 14.3 Å². The zero-order valence-corrected chi connectivity index (χ0v) is 17.3. The molecule has 0 spiro atoms. The third-order valence-corrected chi connectivity index (χ3v) is 5.67. The lowest BCUT2D eigenvalue weighted by molar-refractivity contribution is -0.166. The van der Waals surface area contributed by atoms with Crippen molar-refractivity contribution in [3.8, 4) is 0 Å². The number of amides is 1. The lowest BCUT2D eigenvalue weighted by Gasteiger charge is -2.37. The van der Waals surface area contributed by atoms with Crippen LogP contribution in [0.1, 0.15) is 44.1 Å². The number of ether oxygens (including phenoxy) is 2. The number of carbonyl (C=O) groups is 1. The largest absolute Gasteiger partial charge is 0.459 e. The molecule has 27 heavy (non-hydrogen) atoms. The highest BCUT2D eigenvalue weighted by Gasteiger charge is 2.38. The molecular formula is C21H28BrNO4. The fourth-order valence-corrected chi connectivity index (χ4v) is 3.74. The molecule has 1 aromatic rings. The average Bonchev–Trinajstić information content (AvgIpc) is 3.50. The van der Waals surface area contributed by atoms with Crippen molar-refractivity contribution >= 4 is 21.8 Å². The van der Waals surface area contributed by atoms with E-state index in [2.05, 4.69) is 33.4 Å². The van der Waals surface area contributed by atoms with Crippen molar-refractivity contribution in [2.75, 3.05) is 19.8 Å². The summed E-state index contributed by atoms with van der Waals surface area (Å²) in [6.45, 7) is 3.26. The first kappa shape index (κ1) is 20.4. The van der Waals surface area contributed by atoms with E-state index >= 15 is 0 Å². The van der Waals surface area contributed by atoms with Crippen molar-refractivity contribution in [3.63, 3.8) is 0 Å². The van der Waals surface area contributed by atoms with Gasteiger partial charge >= 0.3 is 0 Å². The summed E-state index contributed by atoms with van der Waals surface area (Å²) >= 11 is 3.48. The maximum absolute atomic E-state index is 12.6. The molecule has 3 atom stereocenters. The van der Waals surface area contributed by atoms with Gasteiger partial charge in [0.25, 0.3) is 5.91 Å². The summed E-state index contributed by atoms with van der Waals surface area (Å²) in [5.74, 6) is 0.812. The Morgan fingerprint density at radius 1 is 1.33 bits per heavy atom. The number of allylic oxidation sites excluding steroid dienone is 1. The first-order chi connectivity index (χ1) is 13.1. The van der Waals surface area contributed by atoms with Gasteiger partial charge in [0, 0.05) is 36.1 Å². The van der Waals surface area contributed by atoms with Crippen LogP contribution < -0.4 is 5.32 Å². The Labute approximate surface area is 169 Å². The van der Waals surface area contributed by atoms with Gasteiger partial charge in [-0.1, -0.05) is 28.1 Å². The monoisotopic (exact) mass is 437 g/mol. The minimum atomic E-state index is -0.498. The normalized spacial score (nSPS) is 24.9. The van der Waals surface area contributed by atoms with E-state index in [-0.39, 0.29) is 24.3 Å². The number of hydrogen-bond acceptors (Lipinski definition) is 4. The topological polar surface area (TPSA) is 67.8 Å². The zero-order chi connectivity index (χ0) is 19.2. The highest BCUT2D eigenvalue weighted by Crippen LogP contribution is 2.39. The van der Waals surface area contributed by atoms with E-state index in [9.17, 15) is 9.90 Å². The van der Waals surface area contributed by atoms with Gasteiger partial charge in [0.2, 0.25) is 6.29 Å². The van der Waals surface area contributed by atoms with Gasteiger partial charge in [0.15, 0.2) is 5.76 Å². The molecule has 1 aliphatic heterocycles. The van der Waals surface area contributed by atoms with Crippen LogP contribution in [0.15, 0.2) is 40.6 Å². The van der Waals surface area contributed by atoms with E-state index < -0.39 is 6.29 Å². The molecule has 0 unspecified atom stereocenters. The molecule has 6 heteroatoms. The number of halogens is 1. The summed E-state index contributed by atoms with van der Waals surface area (Å²) in [6.07, 6.45) is 5.22. The lowest BCUT2D eigenvalue weighted by atomic mass is 9.80. The van der Waals surface area contributed by atoms with Gasteiger partial charge in [-0.15, -0.1) is 0 Å². The Morgan fingerprint density at radius 3 is 2.70 bits per heavy atom. The maximum Gasteiger partial charge on any atom is 0.286 e. The first-order valence-corrected chi connectivity index (χ1v) is 10.6. The van der Waals surface area contributed by atoms with Gasteiger partial charge in [0.05, 0.1) is 0 Å². The van der Waals surface area contributed by atoms with Crippen molar-refractivity contribution in [1.82, 2.24) is 5.32 Å². The molecule has 0 bridgehead atoms. The minimum absolute atomic E-state index is 0.00313. The quantitative estimate of drug-likeness (QED) is 0.617. The highest BCUT2D eigenvalue weighted by atomic mass is 79.9. The molecule has 2 aliphatic rings. The van der Waals surface area contributed by atoms with Crippen molar-refractivity contribution in [3.05, 3.63) is 46.1 Å². The number of carbonyl (C=O) groups excluding carboxylic acids is 1. The lowest BCUT2D eigenvalue weighted by Crippen LogP contribution is -2.39. The molecule has 0 saturated heterocycles. The fourth-order valence-electron chi connectivity index (χ4n) is 3.48. The Morgan fingerprint density at radius 2 is 2.07 bits per heavy atom. The third kappa shape index (κ3) is 5.56. The molecule has 2 N–H and O–H groups in total. The summed E-state index contributed by atoms with van der Waals surface area (Å²) in [6, 6.07) is 8.13. The van der Waals surface area contributed by atoms with Crippen LogP contribution in [0, 0.1) is 11.8 Å². The van der Waals surface area contributed by atoms with Crippen LogP contribution in [0.25, 0.3) is 0 Å². The molecule has 1 saturated carbocycles. The zero-order valence-electron chi connectivity index (χ0n) is 15.7. The average molecular weight is 438 g/mol. The van der Waals surface area contributed by atoms with Gasteiger partial charge in [-0.3, -0.25) is 4.79 Å². The Bertz CT molecular complexity index is 657. The van der Waals surface area contributed by atoms with Gasteiger partial charge < -0.3 is 19.9 Å². The van der Waals surface area contributed by atoms with Crippen molar-refractivity contribution < 1.29 is 19.4 Å². The number of aliphatic hydroxyl groups excluding tert-OH is 1. The second-order valence-electron chi connectivity index (χ2n) is 7.23. The first-order valence-electron chi connectivity index (χ1n) is 9.77. The molecule has 0 radical (unpaired) electrons. The van der Waals surface area contributed by atoms with Gasteiger partial charge in [-0.25, -0.2) is 0 Å². The number of benzene rings is 1. The van der Waals surface area contributed by atoms with Crippen LogP contribution in [0.5, 0.6) is 0 Å². The summed E-state index contributed by atoms with van der Waals surface area (Å²) in [5, 5.41) is 12.3. The van der Waals surface area contributed by atoms with Gasteiger partial charge in [-0.2, -0.15) is 0 Å². The Balaban J connectivity index is 1.86. The summed E-state index contributed by atoms with van der Waals surface area (Å²) in [7, 11) is 0. The van der Waals surface area contributed by atoms with E-state index in [1.54, 1.807) is 0 Å². The molecule has 148 valence electrons. The number of nitrogens with one attached hydrogen (secondary N) is 1. The Kier molecular flexibility index (Phi) is 7.33. The summed E-state index contributed by atoms with van der Waals surface area (Å²) in [5.41, 5.74) is 1.11. The molecular weight excluding hydrogens is 410 g/mol. The molecule has 5 nitrogen and oxygen atoms in total. The van der Waals surface area contributed by atoms with E-state index in [1.165, 1.54) is 12.8 Å². The minimum Gasteiger partial charge on any atom is -0.459 e. The van der Waals surface area contributed by atoms with E-state index in [0.717, 1.165) is 16.5 Å². The van der Waals surface area contributed by atoms with Crippen molar-refractivity contribution in [2.24, 2.45) is 11.8 Å². The second-order valence-corrected chi connectivity index (χ2v) is 8.15. The standard InChI is InChI=1S/C21H28BrNO4/c1-2-26-21-17(4-3-11-24)18(15-7-9-16(22)10-8-15)12-19(27-21)20(25)23-13-14-5-6-14/h7-10,12,14,17-18,21,24H,2-6,11,13H2,1H3,(H,23,25)/t17-,18+,21+/m1/s1. The van der Waals surface area contributed by atoms with Crippen LogP contribution in [-0.4, -0.2) is 37.1 Å². The molecule has 1 aliphatic carbocycles. The van der Waals surface area contributed by atoms with Gasteiger partial charge in [0.1, 0.15) is 0 Å². The molecule has 1 amide bonds. The maximum atomic E-state index is 12.6. The molecule has 3 rings (SSSR count). The van der Waals surface area contributed by atoms with Crippen LogP contribution in [0.3, 0.4) is 0 Å². The molecule has 1 heterocycles. The Hall–Kier alpha value is -1.37. The molecule has 1 aromatic carbocycles. The van der Waals surface area contributed by atoms with Crippen LogP contribution in [0.2, 0.25) is 0 Å². The van der Waals surface area contributed by atoms with E-state index in [1.807, 2.05) is 25.1 Å². The number of hydrogen-bond donors (Lipinski definition) is 2. The predicted molar refractivity (Wildman–Crippen MR) is 107 cm³/mol. The smallest absolute Gasteiger partial charge is 0.286 e. The van der Waals surface area contributed by atoms with E-state index in [0.29, 0.717) is 31.2 Å². The summed E-state index contributed by atoms with van der Waals surface area (Å²) < 4.78 is 12.8. The summed E-state index contributed by atoms with van der Waals surface area (Å²) in [4.78, 5) is 12.6. The fraction of sp³-hybridized carbons (Fsp3) is 0.571. The van der Waals surface area contributed by atoms with Crippen molar-refractivity contribution in [1.29, 1.82) is 0 Å². The van der Waals surface area contributed by atoms with Crippen LogP contribution >= 0.6 is 15.9 Å². The highest BCUT2D eigenvalue weighted by molar-refractivity contribution is 9.10. The third-order valence-electron chi connectivity index (χ3n) is 5.14. The SMILES string of the molecule is CCO[C@H]1OC(C(=O)NCC2CC2)=C[C@@H](c2ccc(Br)cc2)[C@H]1CCCO. The molecule has 1 fully saturated rings. The number of rotatable bonds is 9. The van der Waals surface area contributed by atoms with Crippen LogP contribution in [0.4, 0.5) is 0 Å². The van der Waals surface area contributed by atoms with Crippen molar-refractivity contribution in [2.45, 2.75) is 44.8 Å². The number of aliphatic hydroxyl groups is 1. The van der Waals surface area contributed by atoms with E-state index in [4.69, 9.17) is 9.47 Å². The van der Waals surface area contributed by atoms with Gasteiger partial charge in [-0.05, 0) is 62.3 Å².